The number of carbonyl (C=O) groups is 1. The van der Waals surface area contributed by atoms with Gasteiger partial charge in [0.25, 0.3) is 0 Å². The van der Waals surface area contributed by atoms with Crippen LogP contribution in [0.4, 0.5) is 33.8 Å². The van der Waals surface area contributed by atoms with Crippen LogP contribution < -0.4 is 15.5 Å². The smallest absolute Gasteiger partial charge is 0.410 e. The zero-order valence-electron chi connectivity index (χ0n) is 24.7. The molecule has 11 nitrogen and oxygen atoms in total. The van der Waals surface area contributed by atoms with Gasteiger partial charge in [0.05, 0.1) is 12.2 Å². The van der Waals surface area contributed by atoms with Gasteiger partial charge in [-0.15, -0.1) is 0 Å². The molecule has 2 saturated heterocycles. The van der Waals surface area contributed by atoms with E-state index in [9.17, 15) is 4.79 Å². The van der Waals surface area contributed by atoms with Crippen LogP contribution in [-0.4, -0.2) is 87.3 Å². The molecule has 11 heteroatoms. The molecule has 2 N–H and O–H groups in total. The highest BCUT2D eigenvalue weighted by molar-refractivity contribution is 5.77. The summed E-state index contributed by atoms with van der Waals surface area (Å²) in [6, 6.07) is 18.3. The average Bonchev–Trinajstić information content (AvgIpc) is 3.58. The maximum Gasteiger partial charge on any atom is 0.410 e. The van der Waals surface area contributed by atoms with E-state index in [0.717, 1.165) is 44.0 Å². The van der Waals surface area contributed by atoms with Crippen LogP contribution in [0.3, 0.4) is 0 Å². The summed E-state index contributed by atoms with van der Waals surface area (Å²) < 4.78 is 7.74. The van der Waals surface area contributed by atoms with Gasteiger partial charge in [0.2, 0.25) is 11.9 Å². The molecule has 0 saturated carbocycles. The summed E-state index contributed by atoms with van der Waals surface area (Å²) in [6.07, 6.45) is 2.20. The van der Waals surface area contributed by atoms with Crippen LogP contribution in [-0.2, 0) is 4.74 Å². The molecule has 0 unspecified atom stereocenters. The number of nitrogens with one attached hydrogen (secondary N) is 2. The summed E-state index contributed by atoms with van der Waals surface area (Å²) in [7, 11) is 2.16. The molecule has 1 atom stereocenters. The maximum atomic E-state index is 12.8. The number of nitrogens with zero attached hydrogens (tertiary/aromatic N) is 7. The number of imidazole rings is 1. The van der Waals surface area contributed by atoms with Gasteiger partial charge in [-0.3, -0.25) is 4.57 Å². The first kappa shape index (κ1) is 27.8. The van der Waals surface area contributed by atoms with Gasteiger partial charge in [-0.2, -0.15) is 4.98 Å². The van der Waals surface area contributed by atoms with Crippen molar-refractivity contribution < 1.29 is 9.53 Å². The quantitative estimate of drug-likeness (QED) is 0.322. The van der Waals surface area contributed by atoms with E-state index in [2.05, 4.69) is 61.3 Å². The number of aromatic nitrogens is 4. The number of rotatable bonds is 6. The molecule has 4 heterocycles. The molecule has 0 spiro atoms. The number of para-hydroxylation sites is 1. The third-order valence-corrected chi connectivity index (χ3v) is 7.63. The van der Waals surface area contributed by atoms with Crippen LogP contribution in [0.5, 0.6) is 0 Å². The molecule has 42 heavy (non-hydrogen) atoms. The number of ether oxygens (including phenoxy) is 1. The summed E-state index contributed by atoms with van der Waals surface area (Å²) >= 11 is 0. The Morgan fingerprint density at radius 1 is 0.905 bits per heavy atom. The Hall–Kier alpha value is -4.38. The molecule has 0 radical (unpaired) electrons. The summed E-state index contributed by atoms with van der Waals surface area (Å²) in [5.74, 6) is 1.15. The minimum Gasteiger partial charge on any atom is -0.444 e. The Balaban J connectivity index is 1.26. The molecule has 2 aromatic heterocycles. The number of hydrogen-bond acceptors (Lipinski definition) is 9. The third-order valence-electron chi connectivity index (χ3n) is 7.63. The van der Waals surface area contributed by atoms with Crippen LogP contribution in [0.25, 0.3) is 11.2 Å². The van der Waals surface area contributed by atoms with Gasteiger partial charge >= 0.3 is 6.09 Å². The molecule has 6 rings (SSSR count). The van der Waals surface area contributed by atoms with Gasteiger partial charge in [0.1, 0.15) is 11.1 Å². The largest absolute Gasteiger partial charge is 0.444 e. The third kappa shape index (κ3) is 6.25. The van der Waals surface area contributed by atoms with E-state index in [1.807, 2.05) is 51.1 Å². The van der Waals surface area contributed by atoms with Gasteiger partial charge < -0.3 is 30.1 Å². The topological polar surface area (TPSA) is 104 Å². The molecule has 2 fully saturated rings. The predicted molar refractivity (Wildman–Crippen MR) is 166 cm³/mol. The van der Waals surface area contributed by atoms with Crippen LogP contribution in [0, 0.1) is 0 Å². The lowest BCUT2D eigenvalue weighted by Crippen LogP contribution is -2.44. The van der Waals surface area contributed by atoms with Crippen molar-refractivity contribution in [2.45, 2.75) is 38.8 Å². The average molecular weight is 570 g/mol. The number of fused-ring (bicyclic) bond motifs is 1. The van der Waals surface area contributed by atoms with Crippen molar-refractivity contribution in [2.75, 3.05) is 61.8 Å². The second kappa shape index (κ2) is 11.5. The van der Waals surface area contributed by atoms with Crippen molar-refractivity contribution >= 4 is 46.2 Å². The molecule has 2 aliphatic rings. The second-order valence-electron chi connectivity index (χ2n) is 12.0. The molecule has 1 amide bonds. The lowest BCUT2D eigenvalue weighted by atomic mass is 10.2. The Bertz CT molecular complexity index is 1520. The molecule has 0 bridgehead atoms. The number of carbonyl (C=O) groups excluding carboxylic acids is 1. The number of likely N-dealkylation sites (tertiary alicyclic amines) is 1. The zero-order chi connectivity index (χ0) is 29.3. The van der Waals surface area contributed by atoms with E-state index in [4.69, 9.17) is 14.7 Å². The second-order valence-corrected chi connectivity index (χ2v) is 12.0. The predicted octanol–water partition coefficient (Wildman–Crippen LogP) is 5.25. The van der Waals surface area contributed by atoms with Crippen LogP contribution >= 0.6 is 0 Å². The minimum atomic E-state index is -0.548. The maximum absolute atomic E-state index is 12.8. The fourth-order valence-corrected chi connectivity index (χ4v) is 5.43. The summed E-state index contributed by atoms with van der Waals surface area (Å²) in [5, 5.41) is 6.82. The highest BCUT2D eigenvalue weighted by Gasteiger charge is 2.33. The first-order chi connectivity index (χ1) is 20.2. The Labute approximate surface area is 246 Å². The Kier molecular flexibility index (Phi) is 7.59. The van der Waals surface area contributed by atoms with Crippen molar-refractivity contribution in [2.24, 2.45) is 0 Å². The van der Waals surface area contributed by atoms with Crippen molar-refractivity contribution in [3.05, 3.63) is 60.8 Å². The molecule has 2 aromatic carbocycles. The fourth-order valence-electron chi connectivity index (χ4n) is 5.43. The van der Waals surface area contributed by atoms with E-state index in [-0.39, 0.29) is 12.1 Å². The minimum absolute atomic E-state index is 0.0284. The van der Waals surface area contributed by atoms with Gasteiger partial charge in [-0.05, 0) is 70.6 Å². The van der Waals surface area contributed by atoms with E-state index >= 15 is 0 Å². The number of hydrogen-bond donors (Lipinski definition) is 2. The first-order valence-electron chi connectivity index (χ1n) is 14.6. The lowest BCUT2D eigenvalue weighted by molar-refractivity contribution is 0.0289. The molecule has 2 aliphatic heterocycles. The first-order valence-corrected chi connectivity index (χ1v) is 14.6. The van der Waals surface area contributed by atoms with E-state index in [1.54, 1.807) is 11.1 Å². The zero-order valence-corrected chi connectivity index (χ0v) is 24.7. The molecular formula is C31H39N9O2. The number of anilines is 5. The number of amides is 1. The van der Waals surface area contributed by atoms with Crippen LogP contribution in [0.2, 0.25) is 0 Å². The monoisotopic (exact) mass is 569 g/mol. The molecule has 4 aromatic rings. The Morgan fingerprint density at radius 2 is 1.62 bits per heavy atom. The highest BCUT2D eigenvalue weighted by Crippen LogP contribution is 2.32. The highest BCUT2D eigenvalue weighted by atomic mass is 16.6. The van der Waals surface area contributed by atoms with Crippen molar-refractivity contribution in [1.29, 1.82) is 0 Å². The molecular weight excluding hydrogens is 530 g/mol. The lowest BCUT2D eigenvalue weighted by Gasteiger charge is -2.34. The van der Waals surface area contributed by atoms with Gasteiger partial charge in [0.15, 0.2) is 5.65 Å². The number of likely N-dealkylation sites (N-methyl/N-ethyl adjacent to an activating group) is 1. The van der Waals surface area contributed by atoms with E-state index in [0.29, 0.717) is 36.2 Å². The summed E-state index contributed by atoms with van der Waals surface area (Å²) in [4.78, 5) is 33.7. The molecule has 0 aliphatic carbocycles. The van der Waals surface area contributed by atoms with Gasteiger partial charge in [-0.25, -0.2) is 14.8 Å². The van der Waals surface area contributed by atoms with Crippen molar-refractivity contribution in [3.63, 3.8) is 0 Å². The molecule has 220 valence electrons. The van der Waals surface area contributed by atoms with Crippen LogP contribution in [0.1, 0.15) is 33.2 Å². The fraction of sp³-hybridized carbons (Fsp3) is 0.419. The van der Waals surface area contributed by atoms with E-state index in [1.165, 1.54) is 5.69 Å². The van der Waals surface area contributed by atoms with Gasteiger partial charge in [-0.1, -0.05) is 18.2 Å². The normalized spacial score (nSPS) is 18.0. The summed E-state index contributed by atoms with van der Waals surface area (Å²) in [6.45, 7) is 10.9. The Morgan fingerprint density at radius 3 is 2.33 bits per heavy atom. The van der Waals surface area contributed by atoms with Crippen molar-refractivity contribution in [1.82, 2.24) is 29.3 Å². The number of benzene rings is 2. The van der Waals surface area contributed by atoms with Crippen LogP contribution in [0.15, 0.2) is 60.8 Å². The van der Waals surface area contributed by atoms with E-state index < -0.39 is 5.60 Å². The number of piperazine rings is 1. The van der Waals surface area contributed by atoms with Gasteiger partial charge in [0, 0.05) is 56.3 Å². The van der Waals surface area contributed by atoms with Crippen molar-refractivity contribution in [3.8, 4) is 0 Å². The SMILES string of the molecule is CN1CCN(c2ccc(Nc3ncc4nc(Nc5ccccc5)n([C@H]5CCN(C(=O)OC(C)(C)C)C5)c4n3)cc2)CC1. The summed E-state index contributed by atoms with van der Waals surface area (Å²) in [5.41, 5.74) is 3.89. The standard InChI is InChI=1S/C31H39N9O2/c1-31(2,3)42-30(41)39-15-14-25(21-39)40-27-26(35-29(40)34-22-8-6-5-7-9-22)20-32-28(36-27)33-23-10-12-24(13-11-23)38-18-16-37(4)17-19-38/h5-13,20,25H,14-19,21H2,1-4H3,(H,34,35)(H,32,33,36)/t25-/m0/s1.